The summed E-state index contributed by atoms with van der Waals surface area (Å²) >= 11 is 0. The summed E-state index contributed by atoms with van der Waals surface area (Å²) in [4.78, 5) is 27.0. The number of halogens is 1. The van der Waals surface area contributed by atoms with Crippen molar-refractivity contribution < 1.29 is 19.1 Å². The van der Waals surface area contributed by atoms with E-state index in [1.54, 1.807) is 24.1 Å². The third-order valence-electron chi connectivity index (χ3n) is 4.58. The van der Waals surface area contributed by atoms with Crippen LogP contribution < -0.4 is 4.90 Å². The fourth-order valence-corrected chi connectivity index (χ4v) is 3.50. The Morgan fingerprint density at radius 3 is 2.52 bits per heavy atom. The van der Waals surface area contributed by atoms with Gasteiger partial charge >= 0.3 is 12.0 Å². The van der Waals surface area contributed by atoms with Crippen molar-refractivity contribution in [1.29, 1.82) is 0 Å². The van der Waals surface area contributed by atoms with Gasteiger partial charge in [-0.05, 0) is 43.5 Å². The SMILES string of the molecule is CN(C(=O)N1C2CCC1C(C(=O)O)C2)c1ccc(F)cc1. The van der Waals surface area contributed by atoms with Gasteiger partial charge in [0.15, 0.2) is 0 Å². The summed E-state index contributed by atoms with van der Waals surface area (Å²) in [5, 5.41) is 9.23. The minimum absolute atomic E-state index is 0.00602. The molecule has 3 unspecified atom stereocenters. The van der Waals surface area contributed by atoms with Crippen molar-refractivity contribution in [2.45, 2.75) is 31.3 Å². The number of fused-ring (bicyclic) bond motifs is 2. The first-order valence-electron chi connectivity index (χ1n) is 7.03. The third kappa shape index (κ3) is 2.24. The number of hydrogen-bond acceptors (Lipinski definition) is 2. The Labute approximate surface area is 122 Å². The molecule has 2 fully saturated rings. The number of urea groups is 1. The van der Waals surface area contributed by atoms with E-state index in [1.807, 2.05) is 0 Å². The average Bonchev–Trinajstić information content (AvgIpc) is 3.04. The second-order valence-electron chi connectivity index (χ2n) is 5.70. The van der Waals surface area contributed by atoms with Gasteiger partial charge in [0.2, 0.25) is 0 Å². The van der Waals surface area contributed by atoms with Gasteiger partial charge in [-0.15, -0.1) is 0 Å². The summed E-state index contributed by atoms with van der Waals surface area (Å²) in [6, 6.07) is 5.27. The molecule has 2 heterocycles. The van der Waals surface area contributed by atoms with Gasteiger partial charge in [0.05, 0.1) is 5.92 Å². The van der Waals surface area contributed by atoms with E-state index in [4.69, 9.17) is 0 Å². The standard InChI is InChI=1S/C15H17FN2O3/c1-17(10-4-2-9(16)3-5-10)15(21)18-11-6-7-13(18)12(8-11)14(19)20/h2-5,11-13H,6-8H2,1H3,(H,19,20). The Bertz CT molecular complexity index is 575. The molecule has 2 aliphatic heterocycles. The van der Waals surface area contributed by atoms with Gasteiger partial charge in [0.25, 0.3) is 0 Å². The average molecular weight is 292 g/mol. The molecule has 1 aromatic carbocycles. The first-order chi connectivity index (χ1) is 9.99. The van der Waals surface area contributed by atoms with Crippen LogP contribution in [0.5, 0.6) is 0 Å². The molecule has 1 aromatic rings. The van der Waals surface area contributed by atoms with Crippen LogP contribution in [0.4, 0.5) is 14.9 Å². The Morgan fingerprint density at radius 1 is 1.29 bits per heavy atom. The van der Waals surface area contributed by atoms with Crippen LogP contribution in [0.25, 0.3) is 0 Å². The van der Waals surface area contributed by atoms with Crippen molar-refractivity contribution in [3.63, 3.8) is 0 Å². The molecule has 2 amide bonds. The Hall–Kier alpha value is -2.11. The van der Waals surface area contributed by atoms with E-state index >= 15 is 0 Å². The molecule has 1 N–H and O–H groups in total. The minimum atomic E-state index is -0.829. The van der Waals surface area contributed by atoms with Crippen LogP contribution in [0.15, 0.2) is 24.3 Å². The van der Waals surface area contributed by atoms with Gasteiger partial charge < -0.3 is 10.0 Å². The molecular weight excluding hydrogens is 275 g/mol. The Morgan fingerprint density at radius 2 is 1.95 bits per heavy atom. The number of aliphatic carboxylic acids is 1. The largest absolute Gasteiger partial charge is 0.481 e. The summed E-state index contributed by atoms with van der Waals surface area (Å²) in [6.45, 7) is 0. The van der Waals surface area contributed by atoms with Crippen molar-refractivity contribution in [3.8, 4) is 0 Å². The molecule has 3 rings (SSSR count). The molecule has 0 saturated carbocycles. The lowest BCUT2D eigenvalue weighted by atomic mass is 9.89. The first kappa shape index (κ1) is 13.9. The number of amides is 2. The quantitative estimate of drug-likeness (QED) is 0.910. The van der Waals surface area contributed by atoms with Gasteiger partial charge in [-0.1, -0.05) is 0 Å². The number of carbonyl (C=O) groups is 2. The summed E-state index contributed by atoms with van der Waals surface area (Å²) in [7, 11) is 1.63. The molecule has 0 aliphatic carbocycles. The van der Waals surface area contributed by atoms with Crippen LogP contribution in [-0.2, 0) is 4.79 Å². The smallest absolute Gasteiger partial charge is 0.324 e. The molecule has 21 heavy (non-hydrogen) atoms. The highest BCUT2D eigenvalue weighted by Gasteiger charge is 2.52. The van der Waals surface area contributed by atoms with Crippen LogP contribution in [-0.4, -0.2) is 41.1 Å². The molecule has 3 atom stereocenters. The normalized spacial score (nSPS) is 27.0. The molecule has 2 aliphatic rings. The van der Waals surface area contributed by atoms with Crippen molar-refractivity contribution in [2.75, 3.05) is 11.9 Å². The summed E-state index contributed by atoms with van der Waals surface area (Å²) in [5.41, 5.74) is 0.597. The highest BCUT2D eigenvalue weighted by Crippen LogP contribution is 2.42. The van der Waals surface area contributed by atoms with E-state index in [-0.39, 0.29) is 23.9 Å². The van der Waals surface area contributed by atoms with E-state index in [0.717, 1.165) is 12.8 Å². The van der Waals surface area contributed by atoms with E-state index in [0.29, 0.717) is 12.1 Å². The van der Waals surface area contributed by atoms with E-state index in [2.05, 4.69) is 0 Å². The molecule has 2 bridgehead atoms. The van der Waals surface area contributed by atoms with Crippen molar-refractivity contribution in [1.82, 2.24) is 4.90 Å². The molecule has 0 aromatic heterocycles. The fraction of sp³-hybridized carbons (Fsp3) is 0.467. The lowest BCUT2D eigenvalue weighted by molar-refractivity contribution is -0.142. The van der Waals surface area contributed by atoms with Crippen LogP contribution in [0, 0.1) is 11.7 Å². The fourth-order valence-electron chi connectivity index (χ4n) is 3.50. The van der Waals surface area contributed by atoms with Crippen LogP contribution in [0.3, 0.4) is 0 Å². The molecule has 6 heteroatoms. The second kappa shape index (κ2) is 5.02. The maximum Gasteiger partial charge on any atom is 0.324 e. The van der Waals surface area contributed by atoms with Gasteiger partial charge in [-0.3, -0.25) is 9.69 Å². The monoisotopic (exact) mass is 292 g/mol. The summed E-state index contributed by atoms with van der Waals surface area (Å²) in [6.07, 6.45) is 2.13. The second-order valence-corrected chi connectivity index (χ2v) is 5.70. The number of benzene rings is 1. The van der Waals surface area contributed by atoms with Gasteiger partial charge in [-0.2, -0.15) is 0 Å². The lowest BCUT2D eigenvalue weighted by Crippen LogP contribution is -2.45. The molecule has 5 nitrogen and oxygen atoms in total. The third-order valence-corrected chi connectivity index (χ3v) is 4.58. The van der Waals surface area contributed by atoms with Crippen molar-refractivity contribution in [3.05, 3.63) is 30.1 Å². The summed E-state index contributed by atoms with van der Waals surface area (Å²) in [5.74, 6) is -1.65. The van der Waals surface area contributed by atoms with Gasteiger partial charge in [0, 0.05) is 24.8 Å². The number of nitrogens with zero attached hydrogens (tertiary/aromatic N) is 2. The number of carbonyl (C=O) groups excluding carboxylic acids is 1. The van der Waals surface area contributed by atoms with Gasteiger partial charge in [-0.25, -0.2) is 9.18 Å². The first-order valence-corrected chi connectivity index (χ1v) is 7.03. The highest BCUT2D eigenvalue weighted by molar-refractivity contribution is 5.93. The molecule has 2 saturated heterocycles. The van der Waals surface area contributed by atoms with E-state index < -0.39 is 11.9 Å². The minimum Gasteiger partial charge on any atom is -0.481 e. The zero-order valence-corrected chi connectivity index (χ0v) is 11.7. The molecule has 112 valence electrons. The number of anilines is 1. The maximum absolute atomic E-state index is 12.9. The molecule has 0 spiro atoms. The molecular formula is C15H17FN2O3. The number of rotatable bonds is 2. The predicted octanol–water partition coefficient (Wildman–Crippen LogP) is 2.32. The zero-order chi connectivity index (χ0) is 15.1. The lowest BCUT2D eigenvalue weighted by Gasteiger charge is -2.28. The Kier molecular flexibility index (Phi) is 3.31. The van der Waals surface area contributed by atoms with Gasteiger partial charge in [0.1, 0.15) is 5.82 Å². The number of carboxylic acids is 1. The van der Waals surface area contributed by atoms with E-state index in [9.17, 15) is 19.1 Å². The Balaban J connectivity index is 1.79. The van der Waals surface area contributed by atoms with Crippen LogP contribution >= 0.6 is 0 Å². The zero-order valence-electron chi connectivity index (χ0n) is 11.7. The van der Waals surface area contributed by atoms with Crippen molar-refractivity contribution in [2.24, 2.45) is 5.92 Å². The number of hydrogen-bond donors (Lipinski definition) is 1. The topological polar surface area (TPSA) is 60.9 Å². The predicted molar refractivity (Wildman–Crippen MR) is 74.6 cm³/mol. The van der Waals surface area contributed by atoms with E-state index in [1.165, 1.54) is 17.0 Å². The highest BCUT2D eigenvalue weighted by atomic mass is 19.1. The molecule has 0 radical (unpaired) electrons. The summed E-state index contributed by atoms with van der Waals surface area (Å²) < 4.78 is 12.9. The maximum atomic E-state index is 12.9. The van der Waals surface area contributed by atoms with Crippen LogP contribution in [0.1, 0.15) is 19.3 Å². The van der Waals surface area contributed by atoms with Crippen molar-refractivity contribution >= 4 is 17.7 Å². The van der Waals surface area contributed by atoms with Crippen LogP contribution in [0.2, 0.25) is 0 Å². The number of carboxylic acid groups (broad SMARTS) is 1.